The summed E-state index contributed by atoms with van der Waals surface area (Å²) in [7, 11) is 4.19. The molecule has 27 heavy (non-hydrogen) atoms. The highest BCUT2D eigenvalue weighted by Crippen LogP contribution is 2.35. The van der Waals surface area contributed by atoms with Crippen molar-refractivity contribution in [3.8, 4) is 0 Å². The van der Waals surface area contributed by atoms with Crippen LogP contribution in [0.1, 0.15) is 34.3 Å². The van der Waals surface area contributed by atoms with Crippen LogP contribution in [0.3, 0.4) is 0 Å². The van der Waals surface area contributed by atoms with Crippen LogP contribution in [0.15, 0.2) is 18.3 Å². The number of piperidine rings is 1. The summed E-state index contributed by atoms with van der Waals surface area (Å²) >= 11 is 0. The fourth-order valence-electron chi connectivity index (χ4n) is 3.89. The smallest absolute Gasteiger partial charge is 0.261 e. The Bertz CT molecular complexity index is 888. The van der Waals surface area contributed by atoms with Crippen LogP contribution in [0.2, 0.25) is 0 Å². The van der Waals surface area contributed by atoms with Crippen LogP contribution in [-0.2, 0) is 0 Å². The van der Waals surface area contributed by atoms with Crippen LogP contribution < -0.4 is 15.5 Å². The van der Waals surface area contributed by atoms with Gasteiger partial charge in [-0.1, -0.05) is 6.07 Å². The summed E-state index contributed by atoms with van der Waals surface area (Å²) in [4.78, 5) is 26.3. The lowest BCUT2D eigenvalue weighted by molar-refractivity contribution is 0.102. The lowest BCUT2D eigenvalue weighted by Gasteiger charge is -2.35. The Morgan fingerprint density at radius 2 is 1.93 bits per heavy atom. The Labute approximate surface area is 159 Å². The lowest BCUT2D eigenvalue weighted by atomic mass is 10.0. The molecule has 0 aliphatic carbocycles. The Morgan fingerprint density at radius 3 is 2.67 bits per heavy atom. The first-order valence-electron chi connectivity index (χ1n) is 9.40. The van der Waals surface area contributed by atoms with Crippen molar-refractivity contribution in [2.45, 2.75) is 32.7 Å². The van der Waals surface area contributed by atoms with E-state index in [4.69, 9.17) is 4.98 Å². The van der Waals surface area contributed by atoms with Gasteiger partial charge in [0.25, 0.3) is 5.91 Å². The summed E-state index contributed by atoms with van der Waals surface area (Å²) in [6.07, 6.45) is 3.80. The Hall–Kier alpha value is -2.67. The number of fused-ring (bicyclic) bond motifs is 2. The molecule has 0 unspecified atom stereocenters. The molecular formula is C20H26N6O. The van der Waals surface area contributed by atoms with Gasteiger partial charge in [0, 0.05) is 19.3 Å². The minimum Gasteiger partial charge on any atom is -0.341 e. The minimum absolute atomic E-state index is 0.185. The van der Waals surface area contributed by atoms with E-state index in [0.29, 0.717) is 23.4 Å². The van der Waals surface area contributed by atoms with Gasteiger partial charge in [-0.2, -0.15) is 4.98 Å². The average molecular weight is 366 g/mol. The van der Waals surface area contributed by atoms with Gasteiger partial charge in [0.15, 0.2) is 0 Å². The molecule has 2 aliphatic rings. The largest absolute Gasteiger partial charge is 0.341 e. The molecule has 1 saturated heterocycles. The predicted octanol–water partition coefficient (Wildman–Crippen LogP) is 2.93. The van der Waals surface area contributed by atoms with Gasteiger partial charge in [-0.05, 0) is 64.0 Å². The van der Waals surface area contributed by atoms with E-state index in [2.05, 4.69) is 38.5 Å². The van der Waals surface area contributed by atoms with Gasteiger partial charge in [-0.3, -0.25) is 4.79 Å². The number of carbonyl (C=O) groups excluding carboxylic acids is 1. The third-order valence-electron chi connectivity index (χ3n) is 5.54. The Kier molecular flexibility index (Phi) is 4.47. The number of aryl methyl sites for hydroxylation is 2. The first-order chi connectivity index (χ1) is 12.9. The van der Waals surface area contributed by atoms with E-state index in [1.165, 1.54) is 0 Å². The van der Waals surface area contributed by atoms with Gasteiger partial charge < -0.3 is 20.4 Å². The molecule has 0 spiro atoms. The van der Waals surface area contributed by atoms with Crippen molar-refractivity contribution in [2.75, 3.05) is 42.7 Å². The number of nitrogens with zero attached hydrogens (tertiary/aromatic N) is 4. The van der Waals surface area contributed by atoms with Crippen LogP contribution in [0, 0.1) is 13.8 Å². The molecule has 7 heteroatoms. The summed E-state index contributed by atoms with van der Waals surface area (Å²) in [5, 5.41) is 6.34. The van der Waals surface area contributed by atoms with E-state index in [1.807, 2.05) is 27.0 Å². The predicted molar refractivity (Wildman–Crippen MR) is 108 cm³/mol. The molecule has 1 aromatic carbocycles. The van der Waals surface area contributed by atoms with Crippen LogP contribution in [0.25, 0.3) is 0 Å². The Morgan fingerprint density at radius 1 is 1.19 bits per heavy atom. The van der Waals surface area contributed by atoms with Crippen molar-refractivity contribution < 1.29 is 4.79 Å². The second-order valence-electron chi connectivity index (χ2n) is 7.66. The SMILES string of the molecule is Cc1cc(C)c2c(c1)NC(=O)c1cnc(N(C)C3CCN(C)CC3)nc1N2. The zero-order valence-electron chi connectivity index (χ0n) is 16.3. The molecule has 0 radical (unpaired) electrons. The van der Waals surface area contributed by atoms with Gasteiger partial charge in [0.1, 0.15) is 11.4 Å². The highest BCUT2D eigenvalue weighted by molar-refractivity contribution is 6.11. The molecule has 142 valence electrons. The molecular weight excluding hydrogens is 340 g/mol. The molecule has 2 aliphatic heterocycles. The van der Waals surface area contributed by atoms with Crippen molar-refractivity contribution in [1.82, 2.24) is 14.9 Å². The number of aromatic nitrogens is 2. The fraction of sp³-hybridized carbons (Fsp3) is 0.450. The fourth-order valence-corrected chi connectivity index (χ4v) is 3.89. The highest BCUT2D eigenvalue weighted by atomic mass is 16.1. The van der Waals surface area contributed by atoms with Gasteiger partial charge in [0.05, 0.1) is 11.4 Å². The van der Waals surface area contributed by atoms with E-state index in [-0.39, 0.29) is 5.91 Å². The van der Waals surface area contributed by atoms with Crippen molar-refractivity contribution >= 4 is 29.0 Å². The van der Waals surface area contributed by atoms with Gasteiger partial charge >= 0.3 is 0 Å². The van der Waals surface area contributed by atoms with Crippen molar-refractivity contribution in [1.29, 1.82) is 0 Å². The molecule has 7 nitrogen and oxygen atoms in total. The van der Waals surface area contributed by atoms with Crippen LogP contribution >= 0.6 is 0 Å². The third kappa shape index (κ3) is 3.35. The van der Waals surface area contributed by atoms with E-state index < -0.39 is 0 Å². The molecule has 0 atom stereocenters. The standard InChI is InChI=1S/C20H26N6O/c1-12-9-13(2)17-16(10-12)22-19(27)15-11-21-20(24-18(15)23-17)26(4)14-5-7-25(3)8-6-14/h9-11,14H,5-8H2,1-4H3,(H,22,27)(H,21,23,24). The summed E-state index contributed by atoms with van der Waals surface area (Å²) in [5.74, 6) is 1.02. The normalized spacial score (nSPS) is 17.4. The number of hydrogen-bond acceptors (Lipinski definition) is 6. The summed E-state index contributed by atoms with van der Waals surface area (Å²) < 4.78 is 0. The maximum Gasteiger partial charge on any atom is 0.261 e. The summed E-state index contributed by atoms with van der Waals surface area (Å²) in [6, 6.07) is 4.48. The monoisotopic (exact) mass is 366 g/mol. The van der Waals surface area contributed by atoms with Gasteiger partial charge in [-0.25, -0.2) is 4.98 Å². The number of hydrogen-bond donors (Lipinski definition) is 2. The zero-order valence-corrected chi connectivity index (χ0v) is 16.3. The number of rotatable bonds is 2. The average Bonchev–Trinajstić information content (AvgIpc) is 2.77. The molecule has 3 heterocycles. The number of likely N-dealkylation sites (tertiary alicyclic amines) is 1. The number of carbonyl (C=O) groups is 1. The number of amides is 1. The molecule has 2 aromatic rings. The Balaban J connectivity index is 1.67. The summed E-state index contributed by atoms with van der Waals surface area (Å²) in [5.41, 5.74) is 4.30. The van der Waals surface area contributed by atoms with Crippen LogP contribution in [0.4, 0.5) is 23.1 Å². The first kappa shape index (κ1) is 17.7. The van der Waals surface area contributed by atoms with E-state index in [9.17, 15) is 4.79 Å². The molecule has 0 bridgehead atoms. The van der Waals surface area contributed by atoms with Crippen LogP contribution in [0.5, 0.6) is 0 Å². The second kappa shape index (κ2) is 6.81. The van der Waals surface area contributed by atoms with Gasteiger partial charge in [0.2, 0.25) is 5.95 Å². The zero-order chi connectivity index (χ0) is 19.1. The molecule has 4 rings (SSSR count). The maximum absolute atomic E-state index is 12.7. The molecule has 1 fully saturated rings. The van der Waals surface area contributed by atoms with E-state index >= 15 is 0 Å². The van der Waals surface area contributed by atoms with Crippen molar-refractivity contribution in [3.05, 3.63) is 35.0 Å². The molecule has 1 aromatic heterocycles. The number of nitrogens with one attached hydrogen (secondary N) is 2. The van der Waals surface area contributed by atoms with E-state index in [0.717, 1.165) is 48.4 Å². The minimum atomic E-state index is -0.185. The van der Waals surface area contributed by atoms with Crippen LogP contribution in [-0.4, -0.2) is 54.0 Å². The van der Waals surface area contributed by atoms with Gasteiger partial charge in [-0.15, -0.1) is 0 Å². The summed E-state index contributed by atoms with van der Waals surface area (Å²) in [6.45, 7) is 6.20. The van der Waals surface area contributed by atoms with Crippen molar-refractivity contribution in [3.63, 3.8) is 0 Å². The van der Waals surface area contributed by atoms with E-state index in [1.54, 1.807) is 6.20 Å². The second-order valence-corrected chi connectivity index (χ2v) is 7.66. The lowest BCUT2D eigenvalue weighted by Crippen LogP contribution is -2.42. The topological polar surface area (TPSA) is 73.4 Å². The first-order valence-corrected chi connectivity index (χ1v) is 9.40. The quantitative estimate of drug-likeness (QED) is 0.851. The molecule has 1 amide bonds. The highest BCUT2D eigenvalue weighted by Gasteiger charge is 2.26. The maximum atomic E-state index is 12.7. The third-order valence-corrected chi connectivity index (χ3v) is 5.54. The number of anilines is 4. The van der Waals surface area contributed by atoms with Crippen molar-refractivity contribution in [2.24, 2.45) is 0 Å². The molecule has 2 N–H and O–H groups in total. The number of benzene rings is 1. The molecule has 0 saturated carbocycles.